The van der Waals surface area contributed by atoms with Gasteiger partial charge in [0.15, 0.2) is 0 Å². The number of carbonyl (C=O) groups is 1. The first-order valence-corrected chi connectivity index (χ1v) is 6.14. The average Bonchev–Trinajstić information content (AvgIpc) is 2.34. The van der Waals surface area contributed by atoms with Crippen molar-refractivity contribution in [2.75, 3.05) is 26.7 Å². The van der Waals surface area contributed by atoms with Crippen molar-refractivity contribution in [3.05, 3.63) is 29.8 Å². The molecule has 1 rings (SSSR count). The zero-order valence-electron chi connectivity index (χ0n) is 11.4. The number of primary amides is 1. The molecule has 21 heavy (non-hydrogen) atoms. The number of rotatable bonds is 7. The highest BCUT2D eigenvalue weighted by atomic mass is 19.4. The normalized spacial score (nSPS) is 13.2. The van der Waals surface area contributed by atoms with E-state index >= 15 is 0 Å². The Bertz CT molecular complexity index is 480. The minimum absolute atomic E-state index is 0.0527. The summed E-state index contributed by atoms with van der Waals surface area (Å²) in [5.74, 6) is -0.908. The molecule has 1 aromatic rings. The Morgan fingerprint density at radius 1 is 1.43 bits per heavy atom. The van der Waals surface area contributed by atoms with Crippen molar-refractivity contribution in [3.63, 3.8) is 0 Å². The number of aliphatic hydroxyl groups is 1. The van der Waals surface area contributed by atoms with Gasteiger partial charge in [-0.05, 0) is 19.2 Å². The van der Waals surface area contributed by atoms with Crippen LogP contribution in [0.3, 0.4) is 0 Å². The van der Waals surface area contributed by atoms with Crippen molar-refractivity contribution < 1.29 is 27.8 Å². The zero-order chi connectivity index (χ0) is 16.0. The first-order chi connectivity index (χ1) is 9.70. The number of aliphatic hydroxyl groups excluding tert-OH is 1. The Hall–Kier alpha value is -1.80. The highest BCUT2D eigenvalue weighted by molar-refractivity contribution is 5.75. The van der Waals surface area contributed by atoms with Crippen LogP contribution >= 0.6 is 0 Å². The van der Waals surface area contributed by atoms with Crippen molar-refractivity contribution in [1.82, 2.24) is 4.90 Å². The van der Waals surface area contributed by atoms with Crippen LogP contribution in [0, 0.1) is 0 Å². The number of ether oxygens (including phenoxy) is 1. The van der Waals surface area contributed by atoms with Crippen LogP contribution in [-0.2, 0) is 11.0 Å². The Labute approximate surface area is 120 Å². The zero-order valence-corrected chi connectivity index (χ0v) is 11.4. The molecular formula is C13H17F3N2O3. The number of carbonyl (C=O) groups excluding carboxylic acids is 1. The fourth-order valence-corrected chi connectivity index (χ4v) is 1.76. The van der Waals surface area contributed by atoms with E-state index in [4.69, 9.17) is 10.5 Å². The average molecular weight is 306 g/mol. The summed E-state index contributed by atoms with van der Waals surface area (Å²) >= 11 is 0. The van der Waals surface area contributed by atoms with Gasteiger partial charge in [-0.2, -0.15) is 13.2 Å². The molecule has 8 heteroatoms. The van der Waals surface area contributed by atoms with Crippen LogP contribution in [0.2, 0.25) is 0 Å². The maximum absolute atomic E-state index is 12.7. The van der Waals surface area contributed by atoms with Gasteiger partial charge in [0, 0.05) is 6.54 Å². The second-order valence-electron chi connectivity index (χ2n) is 4.62. The number of alkyl halides is 3. The van der Waals surface area contributed by atoms with Gasteiger partial charge in [-0.25, -0.2) is 0 Å². The highest BCUT2D eigenvalue weighted by Crippen LogP contribution is 2.35. The van der Waals surface area contributed by atoms with Crippen LogP contribution < -0.4 is 10.5 Å². The molecule has 1 atom stereocenters. The maximum Gasteiger partial charge on any atom is 0.419 e. The van der Waals surface area contributed by atoms with E-state index in [1.165, 1.54) is 23.1 Å². The van der Waals surface area contributed by atoms with Crippen molar-refractivity contribution in [1.29, 1.82) is 0 Å². The lowest BCUT2D eigenvalue weighted by molar-refractivity contribution is -0.139. The first-order valence-electron chi connectivity index (χ1n) is 6.14. The highest BCUT2D eigenvalue weighted by Gasteiger charge is 2.34. The topological polar surface area (TPSA) is 75.8 Å². The van der Waals surface area contributed by atoms with Gasteiger partial charge >= 0.3 is 6.18 Å². The van der Waals surface area contributed by atoms with Gasteiger partial charge < -0.3 is 15.6 Å². The molecule has 0 saturated heterocycles. The SMILES string of the molecule is CN(CC(N)=O)CC(O)COc1ccccc1C(F)(F)F. The molecule has 0 radical (unpaired) electrons. The van der Waals surface area contributed by atoms with Gasteiger partial charge in [0.2, 0.25) is 5.91 Å². The van der Waals surface area contributed by atoms with Gasteiger partial charge in [-0.1, -0.05) is 12.1 Å². The minimum Gasteiger partial charge on any atom is -0.490 e. The van der Waals surface area contributed by atoms with E-state index in [0.717, 1.165) is 6.07 Å². The Morgan fingerprint density at radius 3 is 2.62 bits per heavy atom. The molecule has 0 aliphatic rings. The maximum atomic E-state index is 12.7. The minimum atomic E-state index is -4.52. The van der Waals surface area contributed by atoms with Crippen LogP contribution in [0.5, 0.6) is 5.75 Å². The van der Waals surface area contributed by atoms with E-state index in [-0.39, 0.29) is 25.4 Å². The van der Waals surface area contributed by atoms with Crippen molar-refractivity contribution in [3.8, 4) is 5.75 Å². The van der Waals surface area contributed by atoms with Crippen LogP contribution in [0.15, 0.2) is 24.3 Å². The van der Waals surface area contributed by atoms with Crippen molar-refractivity contribution >= 4 is 5.91 Å². The molecule has 1 amide bonds. The summed E-state index contributed by atoms with van der Waals surface area (Å²) in [7, 11) is 1.55. The number of nitrogens with zero attached hydrogens (tertiary/aromatic N) is 1. The summed E-state index contributed by atoms with van der Waals surface area (Å²) in [5, 5.41) is 9.69. The predicted octanol–water partition coefficient (Wildman–Crippen LogP) is 0.862. The molecule has 1 aromatic carbocycles. The molecule has 0 bridgehead atoms. The van der Waals surface area contributed by atoms with E-state index < -0.39 is 23.8 Å². The lowest BCUT2D eigenvalue weighted by atomic mass is 10.2. The van der Waals surface area contributed by atoms with E-state index in [2.05, 4.69) is 0 Å². The molecule has 0 saturated carbocycles. The molecule has 118 valence electrons. The Balaban J connectivity index is 2.58. The van der Waals surface area contributed by atoms with Gasteiger partial charge in [0.05, 0.1) is 12.1 Å². The molecule has 0 spiro atoms. The standard InChI is InChI=1S/C13H17F3N2O3/c1-18(7-12(17)20)6-9(19)8-21-11-5-3-2-4-10(11)13(14,15)16/h2-5,9,19H,6-8H2,1H3,(H2,17,20). The number of nitrogens with two attached hydrogens (primary N) is 1. The number of hydrogen-bond acceptors (Lipinski definition) is 4. The fourth-order valence-electron chi connectivity index (χ4n) is 1.76. The summed E-state index contributed by atoms with van der Waals surface area (Å²) in [5.41, 5.74) is 4.08. The summed E-state index contributed by atoms with van der Waals surface area (Å²) < 4.78 is 43.2. The second-order valence-corrected chi connectivity index (χ2v) is 4.62. The molecule has 1 unspecified atom stereocenters. The third-order valence-electron chi connectivity index (χ3n) is 2.57. The number of benzene rings is 1. The monoisotopic (exact) mass is 306 g/mol. The van der Waals surface area contributed by atoms with Crippen molar-refractivity contribution in [2.24, 2.45) is 5.73 Å². The van der Waals surface area contributed by atoms with Gasteiger partial charge in [-0.3, -0.25) is 9.69 Å². The number of likely N-dealkylation sites (N-methyl/N-ethyl adjacent to an activating group) is 1. The Morgan fingerprint density at radius 2 is 2.05 bits per heavy atom. The van der Waals surface area contributed by atoms with E-state index in [0.29, 0.717) is 0 Å². The summed E-state index contributed by atoms with van der Waals surface area (Å²) in [6.45, 7) is -0.330. The first kappa shape index (κ1) is 17.3. The third-order valence-corrected chi connectivity index (χ3v) is 2.57. The van der Waals surface area contributed by atoms with E-state index in [9.17, 15) is 23.1 Å². The number of halogens is 3. The summed E-state index contributed by atoms with van der Waals surface area (Å²) in [6, 6.07) is 4.76. The third kappa shape index (κ3) is 6.01. The van der Waals surface area contributed by atoms with Gasteiger partial charge in [0.1, 0.15) is 18.5 Å². The molecule has 0 fully saturated rings. The lowest BCUT2D eigenvalue weighted by Crippen LogP contribution is -2.38. The number of hydrogen-bond donors (Lipinski definition) is 2. The lowest BCUT2D eigenvalue weighted by Gasteiger charge is -2.20. The molecule has 0 aliphatic heterocycles. The van der Waals surface area contributed by atoms with Gasteiger partial charge in [-0.15, -0.1) is 0 Å². The second kappa shape index (κ2) is 7.28. The Kier molecular flexibility index (Phi) is 5.98. The predicted molar refractivity (Wildman–Crippen MR) is 69.6 cm³/mol. The van der Waals surface area contributed by atoms with Crippen molar-refractivity contribution in [2.45, 2.75) is 12.3 Å². The van der Waals surface area contributed by atoms with Gasteiger partial charge in [0.25, 0.3) is 0 Å². The van der Waals surface area contributed by atoms with Crippen LogP contribution in [0.1, 0.15) is 5.56 Å². The fraction of sp³-hybridized carbons (Fsp3) is 0.462. The molecular weight excluding hydrogens is 289 g/mol. The van der Waals surface area contributed by atoms with E-state index in [1.54, 1.807) is 7.05 Å². The smallest absolute Gasteiger partial charge is 0.419 e. The van der Waals surface area contributed by atoms with Crippen LogP contribution in [-0.4, -0.2) is 48.8 Å². The number of amides is 1. The molecule has 5 nitrogen and oxygen atoms in total. The number of para-hydroxylation sites is 1. The summed E-state index contributed by atoms with van der Waals surface area (Å²) in [6.07, 6.45) is -5.57. The molecule has 0 aromatic heterocycles. The molecule has 3 N–H and O–H groups in total. The van der Waals surface area contributed by atoms with Crippen LogP contribution in [0.25, 0.3) is 0 Å². The molecule has 0 heterocycles. The van der Waals surface area contributed by atoms with E-state index in [1.807, 2.05) is 0 Å². The summed E-state index contributed by atoms with van der Waals surface area (Å²) in [4.78, 5) is 12.1. The molecule has 0 aliphatic carbocycles. The van der Waals surface area contributed by atoms with Crippen LogP contribution in [0.4, 0.5) is 13.2 Å². The quantitative estimate of drug-likeness (QED) is 0.783. The largest absolute Gasteiger partial charge is 0.490 e.